The van der Waals surface area contributed by atoms with E-state index in [9.17, 15) is 9.59 Å². The summed E-state index contributed by atoms with van der Waals surface area (Å²) >= 11 is 0. The first-order valence-electron chi connectivity index (χ1n) is 5.93. The summed E-state index contributed by atoms with van der Waals surface area (Å²) in [5.74, 6) is 0.273. The third kappa shape index (κ3) is 3.12. The SMILES string of the molecule is CNC(=O)c1ccc(O[C@H]2CCN(C(=O)O)C2)cn1. The van der Waals surface area contributed by atoms with E-state index < -0.39 is 6.09 Å². The Kier molecular flexibility index (Phi) is 3.84. The molecule has 1 aliphatic rings. The molecule has 0 saturated carbocycles. The summed E-state index contributed by atoms with van der Waals surface area (Å²) in [6, 6.07) is 3.22. The first-order chi connectivity index (χ1) is 9.10. The molecule has 0 radical (unpaired) electrons. The molecule has 0 aliphatic carbocycles. The number of ether oxygens (including phenoxy) is 1. The quantitative estimate of drug-likeness (QED) is 0.833. The van der Waals surface area contributed by atoms with E-state index in [-0.39, 0.29) is 12.0 Å². The molecule has 0 aromatic carbocycles. The minimum absolute atomic E-state index is 0.163. The Labute approximate surface area is 110 Å². The van der Waals surface area contributed by atoms with Crippen LogP contribution in [0.4, 0.5) is 4.79 Å². The summed E-state index contributed by atoms with van der Waals surface area (Å²) in [6.07, 6.45) is 1.03. The Morgan fingerprint density at radius 2 is 2.32 bits per heavy atom. The zero-order valence-corrected chi connectivity index (χ0v) is 10.5. The summed E-state index contributed by atoms with van der Waals surface area (Å²) in [5.41, 5.74) is 0.313. The molecule has 1 fully saturated rings. The van der Waals surface area contributed by atoms with E-state index in [2.05, 4.69) is 10.3 Å². The monoisotopic (exact) mass is 265 g/mol. The molecule has 0 unspecified atom stereocenters. The fraction of sp³-hybridized carbons (Fsp3) is 0.417. The number of hydrogen-bond donors (Lipinski definition) is 2. The van der Waals surface area contributed by atoms with Gasteiger partial charge in [-0.15, -0.1) is 0 Å². The van der Waals surface area contributed by atoms with Crippen LogP contribution in [0.15, 0.2) is 18.3 Å². The summed E-state index contributed by atoms with van der Waals surface area (Å²) < 4.78 is 5.62. The highest BCUT2D eigenvalue weighted by molar-refractivity contribution is 5.91. The fourth-order valence-electron chi connectivity index (χ4n) is 1.90. The number of carboxylic acid groups (broad SMARTS) is 1. The minimum Gasteiger partial charge on any atom is -0.487 e. The van der Waals surface area contributed by atoms with Gasteiger partial charge in [0.25, 0.3) is 5.91 Å². The maximum atomic E-state index is 11.3. The van der Waals surface area contributed by atoms with Crippen LogP contribution in [0, 0.1) is 0 Å². The predicted molar refractivity (Wildman–Crippen MR) is 66.3 cm³/mol. The van der Waals surface area contributed by atoms with Gasteiger partial charge in [-0.1, -0.05) is 0 Å². The van der Waals surface area contributed by atoms with Crippen molar-refractivity contribution in [3.63, 3.8) is 0 Å². The van der Waals surface area contributed by atoms with Gasteiger partial charge >= 0.3 is 6.09 Å². The lowest BCUT2D eigenvalue weighted by atomic mass is 10.3. The molecule has 7 heteroatoms. The van der Waals surface area contributed by atoms with Gasteiger partial charge in [0, 0.05) is 20.0 Å². The van der Waals surface area contributed by atoms with Crippen LogP contribution in [0.3, 0.4) is 0 Å². The molecule has 1 aromatic heterocycles. The number of carbonyl (C=O) groups excluding carboxylic acids is 1. The van der Waals surface area contributed by atoms with Gasteiger partial charge < -0.3 is 20.1 Å². The zero-order chi connectivity index (χ0) is 13.8. The molecule has 2 rings (SSSR count). The number of carbonyl (C=O) groups is 2. The van der Waals surface area contributed by atoms with E-state index in [0.717, 1.165) is 0 Å². The first-order valence-corrected chi connectivity index (χ1v) is 5.93. The predicted octanol–water partition coefficient (Wildman–Crippen LogP) is 0.572. The van der Waals surface area contributed by atoms with Crippen LogP contribution >= 0.6 is 0 Å². The highest BCUT2D eigenvalue weighted by atomic mass is 16.5. The van der Waals surface area contributed by atoms with Gasteiger partial charge in [-0.2, -0.15) is 0 Å². The molecule has 0 spiro atoms. The summed E-state index contributed by atoms with van der Waals surface area (Å²) in [6.45, 7) is 0.830. The van der Waals surface area contributed by atoms with Crippen molar-refractivity contribution < 1.29 is 19.4 Å². The van der Waals surface area contributed by atoms with Gasteiger partial charge in [0.05, 0.1) is 12.7 Å². The molecule has 1 aromatic rings. The van der Waals surface area contributed by atoms with E-state index in [4.69, 9.17) is 9.84 Å². The average molecular weight is 265 g/mol. The van der Waals surface area contributed by atoms with Gasteiger partial charge in [0.2, 0.25) is 0 Å². The highest BCUT2D eigenvalue weighted by Gasteiger charge is 2.27. The molecule has 2 heterocycles. The Hall–Kier alpha value is -2.31. The lowest BCUT2D eigenvalue weighted by Crippen LogP contribution is -2.29. The normalized spacial score (nSPS) is 18.2. The van der Waals surface area contributed by atoms with Crippen LogP contribution in [0.5, 0.6) is 5.75 Å². The average Bonchev–Trinajstić information content (AvgIpc) is 2.87. The largest absolute Gasteiger partial charge is 0.487 e. The minimum atomic E-state index is -0.931. The maximum absolute atomic E-state index is 11.3. The van der Waals surface area contributed by atoms with Crippen LogP contribution in [0.25, 0.3) is 0 Å². The topological polar surface area (TPSA) is 91.8 Å². The van der Waals surface area contributed by atoms with Crippen molar-refractivity contribution in [2.75, 3.05) is 20.1 Å². The van der Waals surface area contributed by atoms with Gasteiger partial charge in [0.1, 0.15) is 17.5 Å². The molecule has 1 aliphatic heterocycles. The van der Waals surface area contributed by atoms with Crippen molar-refractivity contribution in [1.82, 2.24) is 15.2 Å². The number of hydrogen-bond acceptors (Lipinski definition) is 4. The molecule has 0 bridgehead atoms. The molecule has 102 valence electrons. The van der Waals surface area contributed by atoms with Crippen molar-refractivity contribution in [2.24, 2.45) is 0 Å². The van der Waals surface area contributed by atoms with E-state index >= 15 is 0 Å². The Balaban J connectivity index is 1.93. The highest BCUT2D eigenvalue weighted by Crippen LogP contribution is 2.17. The van der Waals surface area contributed by atoms with E-state index in [1.165, 1.54) is 18.1 Å². The van der Waals surface area contributed by atoms with Gasteiger partial charge in [-0.3, -0.25) is 4.79 Å². The van der Waals surface area contributed by atoms with Gasteiger partial charge in [-0.25, -0.2) is 9.78 Å². The molecule has 2 amide bonds. The molecular weight excluding hydrogens is 250 g/mol. The van der Waals surface area contributed by atoms with E-state index in [1.54, 1.807) is 12.1 Å². The smallest absolute Gasteiger partial charge is 0.407 e. The number of amides is 2. The first kappa shape index (κ1) is 13.1. The Morgan fingerprint density at radius 3 is 2.84 bits per heavy atom. The van der Waals surface area contributed by atoms with Crippen molar-refractivity contribution in [3.8, 4) is 5.75 Å². The lowest BCUT2D eigenvalue weighted by Gasteiger charge is -2.14. The van der Waals surface area contributed by atoms with Crippen LogP contribution in [-0.2, 0) is 0 Å². The number of nitrogens with zero attached hydrogens (tertiary/aromatic N) is 2. The molecule has 1 atom stereocenters. The van der Waals surface area contributed by atoms with Crippen molar-refractivity contribution in [1.29, 1.82) is 0 Å². The standard InChI is InChI=1S/C12H15N3O4/c1-13-11(16)10-3-2-8(6-14-10)19-9-4-5-15(7-9)12(17)18/h2-3,6,9H,4-5,7H2,1H3,(H,13,16)(H,17,18)/t9-/m0/s1. The molecule has 1 saturated heterocycles. The second kappa shape index (κ2) is 5.55. The van der Waals surface area contributed by atoms with E-state index in [1.807, 2.05) is 0 Å². The fourth-order valence-corrected chi connectivity index (χ4v) is 1.90. The third-order valence-electron chi connectivity index (χ3n) is 2.91. The van der Waals surface area contributed by atoms with Crippen molar-refractivity contribution in [2.45, 2.75) is 12.5 Å². The number of nitrogens with one attached hydrogen (secondary N) is 1. The zero-order valence-electron chi connectivity index (χ0n) is 10.5. The van der Waals surface area contributed by atoms with Crippen LogP contribution in [0.2, 0.25) is 0 Å². The second-order valence-corrected chi connectivity index (χ2v) is 4.22. The second-order valence-electron chi connectivity index (χ2n) is 4.22. The number of pyridine rings is 1. The van der Waals surface area contributed by atoms with E-state index in [0.29, 0.717) is 31.0 Å². The number of likely N-dealkylation sites (tertiary alicyclic amines) is 1. The van der Waals surface area contributed by atoms with Gasteiger partial charge in [0.15, 0.2) is 0 Å². The van der Waals surface area contributed by atoms with Gasteiger partial charge in [-0.05, 0) is 12.1 Å². The Morgan fingerprint density at radius 1 is 1.53 bits per heavy atom. The molecule has 19 heavy (non-hydrogen) atoms. The van der Waals surface area contributed by atoms with Crippen LogP contribution in [0.1, 0.15) is 16.9 Å². The molecular formula is C12H15N3O4. The van der Waals surface area contributed by atoms with Crippen LogP contribution in [-0.4, -0.2) is 53.2 Å². The third-order valence-corrected chi connectivity index (χ3v) is 2.91. The molecule has 2 N–H and O–H groups in total. The summed E-state index contributed by atoms with van der Waals surface area (Å²) in [7, 11) is 1.54. The number of aromatic nitrogens is 1. The maximum Gasteiger partial charge on any atom is 0.407 e. The van der Waals surface area contributed by atoms with Crippen molar-refractivity contribution in [3.05, 3.63) is 24.0 Å². The number of rotatable bonds is 3. The summed E-state index contributed by atoms with van der Waals surface area (Å²) in [5, 5.41) is 11.3. The van der Waals surface area contributed by atoms with Crippen LogP contribution < -0.4 is 10.1 Å². The Bertz CT molecular complexity index is 474. The van der Waals surface area contributed by atoms with Crippen molar-refractivity contribution >= 4 is 12.0 Å². The molecule has 7 nitrogen and oxygen atoms in total. The summed E-state index contributed by atoms with van der Waals surface area (Å²) in [4.78, 5) is 27.4. The lowest BCUT2D eigenvalue weighted by molar-refractivity contribution is 0.0957.